The van der Waals surface area contributed by atoms with Crippen LogP contribution in [0.15, 0.2) is 12.3 Å². The summed E-state index contributed by atoms with van der Waals surface area (Å²) in [7, 11) is 0. The smallest absolute Gasteiger partial charge is 0.255 e. The Morgan fingerprint density at radius 2 is 2.07 bits per heavy atom. The molecule has 3 heterocycles. The minimum atomic E-state index is -0.338. The van der Waals surface area contributed by atoms with E-state index < -0.39 is 0 Å². The molecule has 4 N–H and O–H groups in total. The Balaban J connectivity index is 1.56. The van der Waals surface area contributed by atoms with Crippen LogP contribution in [-0.2, 0) is 0 Å². The van der Waals surface area contributed by atoms with Crippen LogP contribution in [0.4, 0.5) is 5.82 Å². The molecule has 0 bridgehead atoms. The second-order valence-corrected chi connectivity index (χ2v) is 9.61. The van der Waals surface area contributed by atoms with E-state index >= 15 is 0 Å². The number of aliphatic hydroxyl groups is 1. The fraction of sp³-hybridized carbons (Fsp3) is 0.619. The predicted octanol–water partition coefficient (Wildman–Crippen LogP) is 2.73. The first kappa shape index (κ1) is 21.9. The van der Waals surface area contributed by atoms with Gasteiger partial charge in [-0.15, -0.1) is 0 Å². The zero-order chi connectivity index (χ0) is 21.3. The predicted molar refractivity (Wildman–Crippen MR) is 116 cm³/mol. The van der Waals surface area contributed by atoms with Gasteiger partial charge < -0.3 is 21.1 Å². The van der Waals surface area contributed by atoms with E-state index in [0.717, 1.165) is 31.6 Å². The number of anilines is 1. The molecule has 2 aromatic rings. The number of nitrogens with one attached hydrogen (secondary N) is 1. The maximum Gasteiger partial charge on any atom is 0.255 e. The van der Waals surface area contributed by atoms with Crippen molar-refractivity contribution in [1.82, 2.24) is 19.6 Å². The highest BCUT2D eigenvalue weighted by molar-refractivity contribution is 6.33. The number of nitrogens with zero attached hydrogens (tertiary/aromatic N) is 3. The van der Waals surface area contributed by atoms with Crippen LogP contribution in [0.3, 0.4) is 0 Å². The van der Waals surface area contributed by atoms with Gasteiger partial charge in [0.05, 0.1) is 22.4 Å². The van der Waals surface area contributed by atoms with E-state index in [2.05, 4.69) is 36.0 Å². The summed E-state index contributed by atoms with van der Waals surface area (Å²) in [6.45, 7) is 11.2. The number of nitrogen functional groups attached to an aromatic ring is 1. The number of carbonyl (C=O) groups is 1. The first-order valence-electron chi connectivity index (χ1n) is 10.2. The van der Waals surface area contributed by atoms with Crippen LogP contribution >= 0.6 is 11.6 Å². The highest BCUT2D eigenvalue weighted by atomic mass is 35.5. The van der Waals surface area contributed by atoms with Crippen LogP contribution in [0.2, 0.25) is 5.02 Å². The monoisotopic (exact) mass is 421 g/mol. The molecule has 1 amide bonds. The van der Waals surface area contributed by atoms with Crippen molar-refractivity contribution < 1.29 is 9.90 Å². The molecule has 0 aromatic carbocycles. The molecule has 0 radical (unpaired) electrons. The maximum absolute atomic E-state index is 12.8. The van der Waals surface area contributed by atoms with Gasteiger partial charge in [-0.3, -0.25) is 9.20 Å². The lowest BCUT2D eigenvalue weighted by Crippen LogP contribution is -2.44. The van der Waals surface area contributed by atoms with Gasteiger partial charge in [-0.2, -0.15) is 0 Å². The summed E-state index contributed by atoms with van der Waals surface area (Å²) in [5, 5.41) is 13.7. The third kappa shape index (κ3) is 5.02. The molecular formula is C21H32ClN5O2. The summed E-state index contributed by atoms with van der Waals surface area (Å²) < 4.78 is 1.66. The summed E-state index contributed by atoms with van der Waals surface area (Å²) in [6, 6.07) is 1.59. The Kier molecular flexibility index (Phi) is 6.41. The molecule has 0 aliphatic carbocycles. The third-order valence-electron chi connectivity index (χ3n) is 5.78. The molecule has 0 spiro atoms. The number of imidazole rings is 1. The molecule has 29 heavy (non-hydrogen) atoms. The molecule has 1 unspecified atom stereocenters. The zero-order valence-corrected chi connectivity index (χ0v) is 18.5. The number of aliphatic hydroxyl groups excluding tert-OH is 1. The molecule has 1 fully saturated rings. The number of β-amino-alcohol motifs (C(OH)–C–C–N with tert-alkyl or cyclic N) is 1. The summed E-state index contributed by atoms with van der Waals surface area (Å²) >= 11 is 6.20. The first-order chi connectivity index (χ1) is 13.6. The van der Waals surface area contributed by atoms with Crippen molar-refractivity contribution in [2.45, 2.75) is 46.6 Å². The van der Waals surface area contributed by atoms with Gasteiger partial charge in [0.1, 0.15) is 5.82 Å². The number of fused-ring (bicyclic) bond motifs is 1. The quantitative estimate of drug-likeness (QED) is 0.689. The van der Waals surface area contributed by atoms with Crippen LogP contribution in [0.25, 0.3) is 5.65 Å². The van der Waals surface area contributed by atoms with Gasteiger partial charge in [-0.25, -0.2) is 4.98 Å². The Labute approximate surface area is 177 Å². The van der Waals surface area contributed by atoms with Crippen molar-refractivity contribution >= 4 is 29.0 Å². The molecule has 1 aliphatic heterocycles. The number of carbonyl (C=O) groups excluding carboxylic acids is 1. The maximum atomic E-state index is 12.8. The average Bonchev–Trinajstić information content (AvgIpc) is 3.05. The largest absolute Gasteiger partial charge is 0.391 e. The van der Waals surface area contributed by atoms with Crippen molar-refractivity contribution in [3.8, 4) is 0 Å². The number of amides is 1. The second-order valence-electron chi connectivity index (χ2n) is 9.20. The van der Waals surface area contributed by atoms with Crippen LogP contribution in [-0.4, -0.2) is 57.6 Å². The number of likely N-dealkylation sites (tertiary alicyclic amines) is 1. The summed E-state index contributed by atoms with van der Waals surface area (Å²) in [4.78, 5) is 19.5. The van der Waals surface area contributed by atoms with Crippen molar-refractivity contribution in [2.24, 2.45) is 11.3 Å². The molecule has 160 valence electrons. The van der Waals surface area contributed by atoms with E-state index in [0.29, 0.717) is 41.1 Å². The Morgan fingerprint density at radius 1 is 1.41 bits per heavy atom. The highest BCUT2D eigenvalue weighted by Crippen LogP contribution is 2.25. The second kappa shape index (κ2) is 8.50. The standard InChI is InChI=1S/C21H32ClN5O2/c1-13-11-27-18(23)16(22)9-15(19(27)25-13)20(29)24-10-14-5-7-26(8-6-14)12-17(28)21(2,3)4/h9,11,14,17,28H,5-8,10,12,23H2,1-4H3,(H,24,29). The van der Waals surface area contributed by atoms with Crippen LogP contribution in [0.1, 0.15) is 49.7 Å². The molecule has 1 saturated heterocycles. The highest BCUT2D eigenvalue weighted by Gasteiger charge is 2.27. The summed E-state index contributed by atoms with van der Waals surface area (Å²) in [5.74, 6) is 0.612. The molecule has 1 aliphatic rings. The van der Waals surface area contributed by atoms with E-state index in [-0.39, 0.29) is 17.4 Å². The van der Waals surface area contributed by atoms with Gasteiger partial charge in [0, 0.05) is 19.3 Å². The normalized spacial score (nSPS) is 17.6. The van der Waals surface area contributed by atoms with Crippen LogP contribution < -0.4 is 11.1 Å². The van der Waals surface area contributed by atoms with Gasteiger partial charge in [0.25, 0.3) is 5.91 Å². The zero-order valence-electron chi connectivity index (χ0n) is 17.7. The van der Waals surface area contributed by atoms with Crippen molar-refractivity contribution in [2.75, 3.05) is 31.9 Å². The topological polar surface area (TPSA) is 95.9 Å². The number of hydrogen-bond donors (Lipinski definition) is 3. The number of nitrogens with two attached hydrogens (primary N) is 1. The molecule has 1 atom stereocenters. The Hall–Kier alpha value is -1.83. The minimum absolute atomic E-state index is 0.109. The van der Waals surface area contributed by atoms with Gasteiger partial charge in [0.15, 0.2) is 5.65 Å². The molecular weight excluding hydrogens is 390 g/mol. The SMILES string of the molecule is Cc1cn2c(N)c(Cl)cc(C(=O)NCC3CCN(CC(O)C(C)(C)C)CC3)c2n1. The number of pyridine rings is 1. The van der Waals surface area contributed by atoms with Gasteiger partial charge in [-0.05, 0) is 50.3 Å². The molecule has 8 heteroatoms. The van der Waals surface area contributed by atoms with E-state index in [1.54, 1.807) is 16.7 Å². The van der Waals surface area contributed by atoms with E-state index in [1.807, 2.05) is 6.92 Å². The fourth-order valence-electron chi connectivity index (χ4n) is 3.64. The lowest BCUT2D eigenvalue weighted by Gasteiger charge is -2.36. The number of rotatable bonds is 5. The minimum Gasteiger partial charge on any atom is -0.391 e. The summed E-state index contributed by atoms with van der Waals surface area (Å²) in [5.41, 5.74) is 7.62. The lowest BCUT2D eigenvalue weighted by atomic mass is 9.88. The lowest BCUT2D eigenvalue weighted by molar-refractivity contribution is 0.0189. The summed E-state index contributed by atoms with van der Waals surface area (Å²) in [6.07, 6.45) is 3.43. The van der Waals surface area contributed by atoms with Crippen molar-refractivity contribution in [3.05, 3.63) is 28.5 Å². The van der Waals surface area contributed by atoms with Gasteiger partial charge in [-0.1, -0.05) is 32.4 Å². The molecule has 0 saturated carbocycles. The number of halogens is 1. The number of piperidine rings is 1. The average molecular weight is 422 g/mol. The van der Waals surface area contributed by atoms with E-state index in [4.69, 9.17) is 17.3 Å². The van der Waals surface area contributed by atoms with Crippen molar-refractivity contribution in [3.63, 3.8) is 0 Å². The Morgan fingerprint density at radius 3 is 2.69 bits per heavy atom. The first-order valence-corrected chi connectivity index (χ1v) is 10.6. The number of hydrogen-bond acceptors (Lipinski definition) is 5. The number of aryl methyl sites for hydroxylation is 1. The number of aromatic nitrogens is 2. The molecule has 3 rings (SSSR count). The van der Waals surface area contributed by atoms with E-state index in [1.165, 1.54) is 0 Å². The van der Waals surface area contributed by atoms with Crippen LogP contribution in [0.5, 0.6) is 0 Å². The Bertz CT molecular complexity index is 881. The van der Waals surface area contributed by atoms with Crippen LogP contribution in [0, 0.1) is 18.3 Å². The third-order valence-corrected chi connectivity index (χ3v) is 6.08. The fourth-order valence-corrected chi connectivity index (χ4v) is 3.84. The molecule has 7 nitrogen and oxygen atoms in total. The van der Waals surface area contributed by atoms with E-state index in [9.17, 15) is 9.90 Å². The van der Waals surface area contributed by atoms with Gasteiger partial charge in [0.2, 0.25) is 0 Å². The molecule has 2 aromatic heterocycles. The van der Waals surface area contributed by atoms with Gasteiger partial charge >= 0.3 is 0 Å². The van der Waals surface area contributed by atoms with Crippen molar-refractivity contribution in [1.29, 1.82) is 0 Å².